The second kappa shape index (κ2) is 9.88. The first-order valence-electron chi connectivity index (χ1n) is 12.3. The highest BCUT2D eigenvalue weighted by molar-refractivity contribution is 7.89. The molecule has 0 radical (unpaired) electrons. The van der Waals surface area contributed by atoms with Gasteiger partial charge in [-0.2, -0.15) is 14.7 Å². The molecule has 8 nitrogen and oxygen atoms in total. The molecule has 0 atom stereocenters. The van der Waals surface area contributed by atoms with E-state index in [9.17, 15) is 8.42 Å². The highest BCUT2D eigenvalue weighted by Crippen LogP contribution is 2.47. The minimum atomic E-state index is -3.71. The van der Waals surface area contributed by atoms with Gasteiger partial charge >= 0.3 is 0 Å². The fourth-order valence-electron chi connectivity index (χ4n) is 5.79. The third-order valence-corrected chi connectivity index (χ3v) is 9.57. The lowest BCUT2D eigenvalue weighted by Crippen LogP contribution is -2.48. The Hall–Kier alpha value is -3.09. The number of rotatable bonds is 6. The fraction of sp³-hybridized carbons (Fsp3) is 0.462. The Balaban J connectivity index is 1.36. The number of sulfonamides is 1. The number of aromatic nitrogens is 4. The molecule has 1 aliphatic heterocycles. The molecular formula is C26H30N6O2S. The minimum Gasteiger partial charge on any atom is -0.252 e. The van der Waals surface area contributed by atoms with Crippen molar-refractivity contribution in [2.24, 2.45) is 11.3 Å². The average Bonchev–Trinajstić information content (AvgIpc) is 3.42. The molecule has 1 aliphatic carbocycles. The molecule has 3 aromatic rings. The van der Waals surface area contributed by atoms with Crippen LogP contribution < -0.4 is 0 Å². The zero-order valence-corrected chi connectivity index (χ0v) is 20.6. The summed E-state index contributed by atoms with van der Waals surface area (Å²) in [5.41, 5.74) is 1.95. The van der Waals surface area contributed by atoms with Gasteiger partial charge in [-0.1, -0.05) is 37.5 Å². The van der Waals surface area contributed by atoms with Gasteiger partial charge in [0.05, 0.1) is 17.3 Å². The number of nitrogens with zero attached hydrogens (tertiary/aromatic N) is 6. The van der Waals surface area contributed by atoms with Crippen LogP contribution in [0.15, 0.2) is 60.1 Å². The normalized spacial score (nSPS) is 19.3. The maximum Gasteiger partial charge on any atom is 0.260 e. The molecule has 0 unspecified atom stereocenters. The number of pyridine rings is 1. The van der Waals surface area contributed by atoms with Gasteiger partial charge in [-0.3, -0.25) is 4.68 Å². The second-order valence-electron chi connectivity index (χ2n) is 9.74. The Morgan fingerprint density at radius 1 is 1.03 bits per heavy atom. The summed E-state index contributed by atoms with van der Waals surface area (Å²) >= 11 is 0. The van der Waals surface area contributed by atoms with E-state index in [-0.39, 0.29) is 10.4 Å². The Bertz CT molecular complexity index is 1280. The molecule has 3 heterocycles. The van der Waals surface area contributed by atoms with Crippen molar-refractivity contribution >= 4 is 10.0 Å². The highest BCUT2D eigenvalue weighted by atomic mass is 32.2. The Morgan fingerprint density at radius 3 is 2.43 bits per heavy atom. The van der Waals surface area contributed by atoms with Crippen LogP contribution in [0.3, 0.4) is 0 Å². The van der Waals surface area contributed by atoms with Crippen molar-refractivity contribution < 1.29 is 8.42 Å². The van der Waals surface area contributed by atoms with Crippen LogP contribution in [-0.2, 0) is 16.6 Å². The SMILES string of the molecule is N#Cc1ccc(-c2cccc(S(=O)(=O)N3CCC(Cn4cncn4)(C4CCCCC4)CC3)n2)cc1. The number of hydrogen-bond acceptors (Lipinski definition) is 6. The summed E-state index contributed by atoms with van der Waals surface area (Å²) in [5, 5.41) is 13.5. The van der Waals surface area contributed by atoms with Gasteiger partial charge in [-0.25, -0.2) is 18.4 Å². The van der Waals surface area contributed by atoms with Crippen molar-refractivity contribution in [3.8, 4) is 17.3 Å². The molecule has 1 saturated carbocycles. The lowest BCUT2D eigenvalue weighted by atomic mass is 9.64. The van der Waals surface area contributed by atoms with Crippen LogP contribution in [-0.4, -0.2) is 45.6 Å². The molecule has 1 aromatic carbocycles. The van der Waals surface area contributed by atoms with Gasteiger partial charge in [0.25, 0.3) is 10.0 Å². The first-order chi connectivity index (χ1) is 17.0. The summed E-state index contributed by atoms with van der Waals surface area (Å²) in [4.78, 5) is 8.62. The van der Waals surface area contributed by atoms with Gasteiger partial charge in [0.1, 0.15) is 12.7 Å². The monoisotopic (exact) mass is 490 g/mol. The molecular weight excluding hydrogens is 460 g/mol. The summed E-state index contributed by atoms with van der Waals surface area (Å²) < 4.78 is 30.7. The molecule has 2 fully saturated rings. The third-order valence-electron chi connectivity index (χ3n) is 7.77. The van der Waals surface area contributed by atoms with Crippen LogP contribution in [0.1, 0.15) is 50.5 Å². The lowest BCUT2D eigenvalue weighted by molar-refractivity contribution is 0.0321. The van der Waals surface area contributed by atoms with Gasteiger partial charge in [0, 0.05) is 25.2 Å². The molecule has 9 heteroatoms. The molecule has 2 aromatic heterocycles. The molecule has 35 heavy (non-hydrogen) atoms. The first kappa shape index (κ1) is 23.6. The number of hydrogen-bond donors (Lipinski definition) is 0. The van der Waals surface area contributed by atoms with Crippen LogP contribution in [0.4, 0.5) is 0 Å². The van der Waals surface area contributed by atoms with Crippen molar-refractivity contribution in [1.82, 2.24) is 24.1 Å². The van der Waals surface area contributed by atoms with E-state index in [4.69, 9.17) is 5.26 Å². The van der Waals surface area contributed by atoms with Gasteiger partial charge in [-0.05, 0) is 61.3 Å². The van der Waals surface area contributed by atoms with Crippen LogP contribution in [0.5, 0.6) is 0 Å². The maximum absolute atomic E-state index is 13.6. The Kier molecular flexibility index (Phi) is 6.67. The quantitative estimate of drug-likeness (QED) is 0.511. The minimum absolute atomic E-state index is 0.0396. The lowest BCUT2D eigenvalue weighted by Gasteiger charge is -2.47. The predicted octanol–water partition coefficient (Wildman–Crippen LogP) is 4.26. The third kappa shape index (κ3) is 4.86. The Morgan fingerprint density at radius 2 is 1.77 bits per heavy atom. The number of benzene rings is 1. The van der Waals surface area contributed by atoms with Gasteiger partial charge in [-0.15, -0.1) is 0 Å². The summed E-state index contributed by atoms with van der Waals surface area (Å²) in [7, 11) is -3.71. The van der Waals surface area contributed by atoms with E-state index < -0.39 is 10.0 Å². The van der Waals surface area contributed by atoms with E-state index in [1.807, 2.05) is 4.68 Å². The van der Waals surface area contributed by atoms with Crippen LogP contribution in [0.25, 0.3) is 11.3 Å². The van der Waals surface area contributed by atoms with Crippen molar-refractivity contribution in [2.75, 3.05) is 13.1 Å². The van der Waals surface area contributed by atoms with Crippen molar-refractivity contribution in [3.63, 3.8) is 0 Å². The summed E-state index contributed by atoms with van der Waals surface area (Å²) in [6.45, 7) is 1.75. The molecule has 0 bridgehead atoms. The van der Waals surface area contributed by atoms with Crippen molar-refractivity contribution in [3.05, 3.63) is 60.7 Å². The van der Waals surface area contributed by atoms with E-state index in [2.05, 4.69) is 21.1 Å². The number of nitriles is 1. The molecule has 0 spiro atoms. The van der Waals surface area contributed by atoms with Gasteiger partial charge in [0.15, 0.2) is 5.03 Å². The predicted molar refractivity (Wildman–Crippen MR) is 131 cm³/mol. The summed E-state index contributed by atoms with van der Waals surface area (Å²) in [6.07, 6.45) is 11.2. The van der Waals surface area contributed by atoms with Crippen molar-refractivity contribution in [2.45, 2.75) is 56.5 Å². The molecule has 182 valence electrons. The first-order valence-corrected chi connectivity index (χ1v) is 13.7. The van der Waals surface area contributed by atoms with E-state index >= 15 is 0 Å². The molecule has 5 rings (SSSR count). The molecule has 1 saturated heterocycles. The Labute approximate surface area is 206 Å². The zero-order valence-electron chi connectivity index (χ0n) is 19.8. The summed E-state index contributed by atoms with van der Waals surface area (Å²) in [5.74, 6) is 0.586. The van der Waals surface area contributed by atoms with Crippen molar-refractivity contribution in [1.29, 1.82) is 5.26 Å². The summed E-state index contributed by atoms with van der Waals surface area (Å²) in [6, 6.07) is 14.2. The fourth-order valence-corrected chi connectivity index (χ4v) is 7.18. The van der Waals surface area contributed by atoms with E-state index in [1.165, 1.54) is 32.1 Å². The molecule has 0 amide bonds. The second-order valence-corrected chi connectivity index (χ2v) is 11.6. The van der Waals surface area contributed by atoms with Crippen LogP contribution in [0, 0.1) is 22.7 Å². The van der Waals surface area contributed by atoms with Gasteiger partial charge in [0.2, 0.25) is 0 Å². The van der Waals surface area contributed by atoms with Gasteiger partial charge < -0.3 is 0 Å². The number of piperidine rings is 1. The van der Waals surface area contributed by atoms with E-state index in [0.29, 0.717) is 30.3 Å². The molecule has 0 N–H and O–H groups in total. The maximum atomic E-state index is 13.6. The standard InChI is InChI=1S/C26H30N6O2S/c27-17-21-9-11-22(12-10-21)24-7-4-8-25(30-24)35(33,34)32-15-13-26(14-16-32,18-31-20-28-19-29-31)23-5-2-1-3-6-23/h4,7-12,19-20,23H,1-3,5-6,13-16,18H2. The average molecular weight is 491 g/mol. The zero-order chi connectivity index (χ0) is 24.3. The molecule has 2 aliphatic rings. The largest absolute Gasteiger partial charge is 0.260 e. The highest BCUT2D eigenvalue weighted by Gasteiger charge is 2.44. The smallest absolute Gasteiger partial charge is 0.252 e. The van der Waals surface area contributed by atoms with Crippen LogP contribution >= 0.6 is 0 Å². The topological polar surface area (TPSA) is 105 Å². The van der Waals surface area contributed by atoms with E-state index in [1.54, 1.807) is 59.4 Å². The van der Waals surface area contributed by atoms with Crippen LogP contribution in [0.2, 0.25) is 0 Å². The van der Waals surface area contributed by atoms with E-state index in [0.717, 1.165) is 24.9 Å².